The fraction of sp³-hybridized carbons (Fsp3) is 0.846. The molecule has 0 spiro atoms. The molecule has 0 saturated heterocycles. The Hall–Kier alpha value is -0.730. The number of hydrogen-bond donors (Lipinski definition) is 3. The highest BCUT2D eigenvalue weighted by atomic mass is 127. The van der Waals surface area contributed by atoms with E-state index in [0.29, 0.717) is 12.6 Å². The summed E-state index contributed by atoms with van der Waals surface area (Å²) in [6.45, 7) is 10.9. The molecule has 1 amide bonds. The molecule has 20 heavy (non-hydrogen) atoms. The summed E-state index contributed by atoms with van der Waals surface area (Å²) in [4.78, 5) is 15.5. The zero-order chi connectivity index (χ0) is 14.9. The topological polar surface area (TPSA) is 74.8 Å². The molecule has 0 radical (unpaired) electrons. The van der Waals surface area contributed by atoms with Crippen molar-refractivity contribution < 1.29 is 9.53 Å². The predicted octanol–water partition coefficient (Wildman–Crippen LogP) is 2.09. The number of ether oxygens (including phenoxy) is 1. The summed E-state index contributed by atoms with van der Waals surface area (Å²) < 4.78 is 5.13. The fourth-order valence-corrected chi connectivity index (χ4v) is 1.27. The molecule has 0 aromatic rings. The third kappa shape index (κ3) is 13.7. The summed E-state index contributed by atoms with van der Waals surface area (Å²) in [6, 6.07) is 0.339. The molecule has 120 valence electrons. The van der Waals surface area contributed by atoms with Gasteiger partial charge in [0.1, 0.15) is 5.60 Å². The molecule has 0 heterocycles. The standard InChI is InChI=1S/C13H28N4O2.HI/c1-10(2)17-11(14-6)15-8-7-9-16-12(18)19-13(3,4)5;/h10H,7-9H2,1-6H3,(H,16,18)(H2,14,15,17);1H. The van der Waals surface area contributed by atoms with Gasteiger partial charge in [0.15, 0.2) is 5.96 Å². The zero-order valence-electron chi connectivity index (χ0n) is 13.4. The van der Waals surface area contributed by atoms with E-state index in [-0.39, 0.29) is 30.1 Å². The first-order valence-corrected chi connectivity index (χ1v) is 6.68. The smallest absolute Gasteiger partial charge is 0.407 e. The van der Waals surface area contributed by atoms with Crippen LogP contribution in [0.4, 0.5) is 4.79 Å². The van der Waals surface area contributed by atoms with Gasteiger partial charge in [0.05, 0.1) is 0 Å². The van der Waals surface area contributed by atoms with Gasteiger partial charge >= 0.3 is 6.09 Å². The van der Waals surface area contributed by atoms with Gasteiger partial charge in [-0.05, 0) is 41.0 Å². The van der Waals surface area contributed by atoms with Gasteiger partial charge in [-0.2, -0.15) is 0 Å². The maximum atomic E-state index is 11.4. The van der Waals surface area contributed by atoms with Gasteiger partial charge in [0, 0.05) is 26.2 Å². The molecule has 3 N–H and O–H groups in total. The van der Waals surface area contributed by atoms with Crippen molar-refractivity contribution in [2.45, 2.75) is 52.7 Å². The fourth-order valence-electron chi connectivity index (χ4n) is 1.27. The highest BCUT2D eigenvalue weighted by Crippen LogP contribution is 2.06. The summed E-state index contributed by atoms with van der Waals surface area (Å²) in [5.74, 6) is 0.771. The molecule has 0 unspecified atom stereocenters. The molecule has 0 aliphatic heterocycles. The molecule has 0 aromatic carbocycles. The number of halogens is 1. The third-order valence-electron chi connectivity index (χ3n) is 1.96. The van der Waals surface area contributed by atoms with Crippen LogP contribution < -0.4 is 16.0 Å². The van der Waals surface area contributed by atoms with E-state index >= 15 is 0 Å². The number of amides is 1. The van der Waals surface area contributed by atoms with Crippen LogP contribution >= 0.6 is 24.0 Å². The lowest BCUT2D eigenvalue weighted by molar-refractivity contribution is 0.0527. The number of carbonyl (C=O) groups excluding carboxylic acids is 1. The van der Waals surface area contributed by atoms with Crippen LogP contribution in [-0.2, 0) is 4.74 Å². The van der Waals surface area contributed by atoms with Crippen LogP contribution in [0.5, 0.6) is 0 Å². The number of nitrogens with zero attached hydrogens (tertiary/aromatic N) is 1. The van der Waals surface area contributed by atoms with Crippen LogP contribution in [-0.4, -0.2) is 43.8 Å². The van der Waals surface area contributed by atoms with Crippen LogP contribution in [0.25, 0.3) is 0 Å². The Balaban J connectivity index is 0. The van der Waals surface area contributed by atoms with Crippen LogP contribution in [0.15, 0.2) is 4.99 Å². The second kappa shape index (κ2) is 11.0. The predicted molar refractivity (Wildman–Crippen MR) is 93.9 cm³/mol. The number of carbonyl (C=O) groups is 1. The van der Waals surface area contributed by atoms with Crippen LogP contribution in [0, 0.1) is 0 Å². The highest BCUT2D eigenvalue weighted by molar-refractivity contribution is 14.0. The number of guanidine groups is 1. The molecule has 0 saturated carbocycles. The third-order valence-corrected chi connectivity index (χ3v) is 1.96. The van der Waals surface area contributed by atoms with Crippen molar-refractivity contribution in [2.75, 3.05) is 20.1 Å². The maximum absolute atomic E-state index is 11.4. The van der Waals surface area contributed by atoms with Crippen molar-refractivity contribution in [1.82, 2.24) is 16.0 Å². The van der Waals surface area contributed by atoms with Crippen molar-refractivity contribution in [3.63, 3.8) is 0 Å². The van der Waals surface area contributed by atoms with Gasteiger partial charge in [-0.15, -0.1) is 24.0 Å². The first-order chi connectivity index (χ1) is 8.74. The number of alkyl carbamates (subject to hydrolysis) is 1. The van der Waals surface area contributed by atoms with E-state index in [0.717, 1.165) is 18.9 Å². The second-order valence-electron chi connectivity index (χ2n) is 5.58. The lowest BCUT2D eigenvalue weighted by atomic mass is 10.2. The Morgan fingerprint density at radius 2 is 1.75 bits per heavy atom. The molecule has 0 bridgehead atoms. The van der Waals surface area contributed by atoms with Gasteiger partial charge in [0.2, 0.25) is 0 Å². The second-order valence-corrected chi connectivity index (χ2v) is 5.58. The molecular formula is C13H29IN4O2. The first-order valence-electron chi connectivity index (χ1n) is 6.68. The molecule has 0 fully saturated rings. The molecule has 7 heteroatoms. The van der Waals surface area contributed by atoms with E-state index in [9.17, 15) is 4.79 Å². The normalized spacial score (nSPS) is 11.7. The van der Waals surface area contributed by atoms with E-state index in [1.165, 1.54) is 0 Å². The van der Waals surface area contributed by atoms with Gasteiger partial charge < -0.3 is 20.7 Å². The quantitative estimate of drug-likeness (QED) is 0.286. The minimum atomic E-state index is -0.453. The maximum Gasteiger partial charge on any atom is 0.407 e. The Labute approximate surface area is 139 Å². The molecule has 0 aromatic heterocycles. The molecular weight excluding hydrogens is 371 g/mol. The van der Waals surface area contributed by atoms with Gasteiger partial charge in [-0.1, -0.05) is 0 Å². The minimum absolute atomic E-state index is 0. The van der Waals surface area contributed by atoms with Crippen molar-refractivity contribution >= 4 is 36.0 Å². The van der Waals surface area contributed by atoms with Crippen LogP contribution in [0.3, 0.4) is 0 Å². The lowest BCUT2D eigenvalue weighted by Crippen LogP contribution is -2.42. The van der Waals surface area contributed by atoms with Crippen LogP contribution in [0.1, 0.15) is 41.0 Å². The average molecular weight is 400 g/mol. The van der Waals surface area contributed by atoms with E-state index in [2.05, 4.69) is 34.8 Å². The SMILES string of the molecule is CN=C(NCCCNC(=O)OC(C)(C)C)NC(C)C.I. The van der Waals surface area contributed by atoms with Gasteiger partial charge in [-0.25, -0.2) is 4.79 Å². The van der Waals surface area contributed by atoms with Crippen molar-refractivity contribution in [3.8, 4) is 0 Å². The van der Waals surface area contributed by atoms with E-state index in [4.69, 9.17) is 4.74 Å². The number of hydrogen-bond acceptors (Lipinski definition) is 3. The van der Waals surface area contributed by atoms with E-state index < -0.39 is 5.60 Å². The van der Waals surface area contributed by atoms with Crippen molar-refractivity contribution in [3.05, 3.63) is 0 Å². The summed E-state index contributed by atoms with van der Waals surface area (Å²) >= 11 is 0. The van der Waals surface area contributed by atoms with E-state index in [1.807, 2.05) is 20.8 Å². The molecule has 0 aliphatic carbocycles. The zero-order valence-corrected chi connectivity index (χ0v) is 15.7. The Bertz CT molecular complexity index is 301. The number of aliphatic imine (C=N–C) groups is 1. The average Bonchev–Trinajstić information content (AvgIpc) is 2.23. The highest BCUT2D eigenvalue weighted by Gasteiger charge is 2.15. The summed E-state index contributed by atoms with van der Waals surface area (Å²) in [6.07, 6.45) is 0.426. The van der Waals surface area contributed by atoms with Crippen molar-refractivity contribution in [1.29, 1.82) is 0 Å². The minimum Gasteiger partial charge on any atom is -0.444 e. The van der Waals surface area contributed by atoms with Gasteiger partial charge in [0.25, 0.3) is 0 Å². The molecule has 0 aliphatic rings. The number of rotatable bonds is 5. The van der Waals surface area contributed by atoms with Crippen molar-refractivity contribution in [2.24, 2.45) is 4.99 Å². The number of nitrogens with one attached hydrogen (secondary N) is 3. The van der Waals surface area contributed by atoms with Crippen LogP contribution in [0.2, 0.25) is 0 Å². The summed E-state index contributed by atoms with van der Waals surface area (Å²) in [5, 5.41) is 9.07. The first kappa shape index (κ1) is 21.6. The Kier molecular flexibility index (Phi) is 11.8. The lowest BCUT2D eigenvalue weighted by Gasteiger charge is -2.19. The Morgan fingerprint density at radius 3 is 2.20 bits per heavy atom. The molecule has 6 nitrogen and oxygen atoms in total. The summed E-state index contributed by atoms with van der Waals surface area (Å²) in [5.41, 5.74) is -0.453. The monoisotopic (exact) mass is 400 g/mol. The van der Waals surface area contributed by atoms with E-state index in [1.54, 1.807) is 7.05 Å². The largest absolute Gasteiger partial charge is 0.444 e. The molecule has 0 rings (SSSR count). The molecule has 0 atom stereocenters. The Morgan fingerprint density at radius 1 is 1.20 bits per heavy atom. The van der Waals surface area contributed by atoms with Gasteiger partial charge in [-0.3, -0.25) is 4.99 Å². The summed E-state index contributed by atoms with van der Waals surface area (Å²) in [7, 11) is 1.73.